The van der Waals surface area contributed by atoms with Crippen LogP contribution in [0, 0.1) is 5.92 Å². The topological polar surface area (TPSA) is 44.8 Å². The predicted molar refractivity (Wildman–Crippen MR) is 57.3 cm³/mol. The van der Waals surface area contributed by atoms with Gasteiger partial charge in [-0.1, -0.05) is 19.1 Å². The Kier molecular flexibility index (Phi) is 2.83. The van der Waals surface area contributed by atoms with Crippen molar-refractivity contribution in [3.63, 3.8) is 0 Å². The van der Waals surface area contributed by atoms with E-state index in [4.69, 9.17) is 14.2 Å². The molecule has 1 aliphatic heterocycles. The maximum absolute atomic E-state index is 11.6. The molecule has 4 nitrogen and oxygen atoms in total. The molecule has 16 heavy (non-hydrogen) atoms. The maximum atomic E-state index is 11.6. The normalized spacial score (nSPS) is 28.4. The van der Waals surface area contributed by atoms with Gasteiger partial charge in [-0.05, 0) is 6.08 Å². The molecule has 0 saturated heterocycles. The highest BCUT2D eigenvalue weighted by atomic mass is 16.6. The monoisotopic (exact) mass is 222 g/mol. The molecule has 0 radical (unpaired) electrons. The number of esters is 1. The third-order valence-electron chi connectivity index (χ3n) is 2.75. The zero-order valence-electron chi connectivity index (χ0n) is 9.52. The lowest BCUT2D eigenvalue weighted by Crippen LogP contribution is -2.35. The third-order valence-corrected chi connectivity index (χ3v) is 2.75. The van der Waals surface area contributed by atoms with Crippen molar-refractivity contribution in [2.75, 3.05) is 14.2 Å². The average Bonchev–Trinajstić information content (AvgIpc) is 2.27. The molecule has 86 valence electrons. The van der Waals surface area contributed by atoms with Crippen molar-refractivity contribution in [3.05, 3.63) is 35.3 Å². The van der Waals surface area contributed by atoms with Crippen LogP contribution in [0.25, 0.3) is 0 Å². The predicted octanol–water partition coefficient (Wildman–Crippen LogP) is 1.55. The highest BCUT2D eigenvalue weighted by Crippen LogP contribution is 2.35. The van der Waals surface area contributed by atoms with E-state index in [9.17, 15) is 4.79 Å². The minimum absolute atomic E-state index is 0.153. The molecule has 2 atom stereocenters. The molecule has 0 N–H and O–H groups in total. The minimum atomic E-state index is -0.758. The van der Waals surface area contributed by atoms with Gasteiger partial charge in [0, 0.05) is 18.6 Å². The second-order valence-corrected chi connectivity index (χ2v) is 3.72. The average molecular weight is 222 g/mol. The molecule has 0 aromatic carbocycles. The summed E-state index contributed by atoms with van der Waals surface area (Å²) in [6, 6.07) is 0. The molecule has 1 aliphatic carbocycles. The summed E-state index contributed by atoms with van der Waals surface area (Å²) in [6.07, 6.45) is 4.89. The van der Waals surface area contributed by atoms with Crippen LogP contribution in [0.3, 0.4) is 0 Å². The summed E-state index contributed by atoms with van der Waals surface area (Å²) in [5.74, 6) is 0.824. The van der Waals surface area contributed by atoms with E-state index in [1.165, 1.54) is 14.2 Å². The smallest absolute Gasteiger partial charge is 0.348 e. The van der Waals surface area contributed by atoms with Crippen molar-refractivity contribution in [2.24, 2.45) is 5.92 Å². The van der Waals surface area contributed by atoms with E-state index < -0.39 is 12.1 Å². The van der Waals surface area contributed by atoms with E-state index in [1.807, 2.05) is 19.1 Å². The first-order valence-corrected chi connectivity index (χ1v) is 5.10. The fourth-order valence-electron chi connectivity index (χ4n) is 1.99. The van der Waals surface area contributed by atoms with Crippen molar-refractivity contribution in [1.82, 2.24) is 0 Å². The van der Waals surface area contributed by atoms with Crippen LogP contribution < -0.4 is 0 Å². The van der Waals surface area contributed by atoms with Gasteiger partial charge in [-0.15, -0.1) is 0 Å². The van der Waals surface area contributed by atoms with Crippen LogP contribution in [0.4, 0.5) is 0 Å². The molecule has 2 aliphatic rings. The molecule has 0 bridgehead atoms. The quantitative estimate of drug-likeness (QED) is 0.665. The molecule has 0 aromatic heterocycles. The van der Waals surface area contributed by atoms with Gasteiger partial charge in [0.15, 0.2) is 0 Å². The molecule has 0 saturated carbocycles. The van der Waals surface area contributed by atoms with Gasteiger partial charge < -0.3 is 14.2 Å². The van der Waals surface area contributed by atoms with Crippen molar-refractivity contribution < 1.29 is 19.0 Å². The van der Waals surface area contributed by atoms with Gasteiger partial charge in [-0.25, -0.2) is 4.79 Å². The Labute approximate surface area is 94.2 Å². The van der Waals surface area contributed by atoms with Crippen LogP contribution in [-0.2, 0) is 19.0 Å². The van der Waals surface area contributed by atoms with Crippen LogP contribution in [0.5, 0.6) is 0 Å². The summed E-state index contributed by atoms with van der Waals surface area (Å²) in [5, 5.41) is 0. The second-order valence-electron chi connectivity index (χ2n) is 3.72. The Hall–Kier alpha value is -1.55. The Balaban J connectivity index is 2.53. The molecule has 0 aromatic rings. The number of rotatable bonds is 2. The van der Waals surface area contributed by atoms with Gasteiger partial charge >= 0.3 is 5.97 Å². The molecule has 0 spiro atoms. The van der Waals surface area contributed by atoms with E-state index in [0.717, 1.165) is 5.57 Å². The molecule has 2 unspecified atom stereocenters. The van der Waals surface area contributed by atoms with Crippen LogP contribution in [0.15, 0.2) is 35.3 Å². The summed E-state index contributed by atoms with van der Waals surface area (Å²) in [5.41, 5.74) is 0.886. The van der Waals surface area contributed by atoms with Crippen LogP contribution >= 0.6 is 0 Å². The zero-order chi connectivity index (χ0) is 11.7. The SMILES string of the molecule is COC1=C2C(=CC=CC2C)OC(=O)C1OC. The van der Waals surface area contributed by atoms with Gasteiger partial charge in [-0.3, -0.25) is 0 Å². The number of hydrogen-bond donors (Lipinski definition) is 0. The van der Waals surface area contributed by atoms with E-state index in [2.05, 4.69) is 0 Å². The Morgan fingerprint density at radius 3 is 2.75 bits per heavy atom. The first-order chi connectivity index (χ1) is 7.69. The lowest BCUT2D eigenvalue weighted by atomic mass is 9.90. The molecular weight excluding hydrogens is 208 g/mol. The van der Waals surface area contributed by atoms with Crippen LogP contribution in [0.2, 0.25) is 0 Å². The summed E-state index contributed by atoms with van der Waals surface area (Å²) in [7, 11) is 3.00. The Morgan fingerprint density at radius 2 is 2.12 bits per heavy atom. The van der Waals surface area contributed by atoms with Gasteiger partial charge in [0.25, 0.3) is 0 Å². The van der Waals surface area contributed by atoms with E-state index in [-0.39, 0.29) is 5.92 Å². The number of carbonyl (C=O) groups is 1. The molecule has 0 fully saturated rings. The summed E-state index contributed by atoms with van der Waals surface area (Å²) >= 11 is 0. The molecule has 0 amide bonds. The first kappa shape index (κ1) is 11.0. The number of ether oxygens (including phenoxy) is 3. The highest BCUT2D eigenvalue weighted by Gasteiger charge is 2.38. The molecule has 2 rings (SSSR count). The lowest BCUT2D eigenvalue weighted by molar-refractivity contribution is -0.152. The molecule has 1 heterocycles. The first-order valence-electron chi connectivity index (χ1n) is 5.10. The van der Waals surface area contributed by atoms with Gasteiger partial charge in [-0.2, -0.15) is 0 Å². The molecule has 4 heteroatoms. The lowest BCUT2D eigenvalue weighted by Gasteiger charge is -2.30. The van der Waals surface area contributed by atoms with E-state index >= 15 is 0 Å². The standard InChI is InChI=1S/C12H14O4/c1-7-5-4-6-8-9(7)10(14-2)11(15-3)12(13)16-8/h4-7,11H,1-3H3. The van der Waals surface area contributed by atoms with Crippen LogP contribution in [0.1, 0.15) is 6.92 Å². The number of fused-ring (bicyclic) bond motifs is 1. The minimum Gasteiger partial charge on any atom is -0.497 e. The summed E-state index contributed by atoms with van der Waals surface area (Å²) in [4.78, 5) is 11.6. The van der Waals surface area contributed by atoms with Crippen molar-refractivity contribution in [1.29, 1.82) is 0 Å². The Bertz CT molecular complexity index is 403. The summed E-state index contributed by atoms with van der Waals surface area (Å²) in [6.45, 7) is 2.02. The highest BCUT2D eigenvalue weighted by molar-refractivity contribution is 5.82. The number of methoxy groups -OCH3 is 2. The third kappa shape index (κ3) is 1.55. The summed E-state index contributed by atoms with van der Waals surface area (Å²) < 4.78 is 15.6. The second kappa shape index (κ2) is 4.14. The van der Waals surface area contributed by atoms with E-state index in [0.29, 0.717) is 11.5 Å². The van der Waals surface area contributed by atoms with Crippen LogP contribution in [-0.4, -0.2) is 26.3 Å². The number of hydrogen-bond acceptors (Lipinski definition) is 4. The zero-order valence-corrected chi connectivity index (χ0v) is 9.52. The fourth-order valence-corrected chi connectivity index (χ4v) is 1.99. The van der Waals surface area contributed by atoms with Crippen molar-refractivity contribution in [3.8, 4) is 0 Å². The number of carbonyl (C=O) groups excluding carboxylic acids is 1. The Morgan fingerprint density at radius 1 is 1.38 bits per heavy atom. The van der Waals surface area contributed by atoms with Crippen molar-refractivity contribution in [2.45, 2.75) is 13.0 Å². The van der Waals surface area contributed by atoms with Gasteiger partial charge in [0.05, 0.1) is 7.11 Å². The number of allylic oxidation sites excluding steroid dienone is 4. The van der Waals surface area contributed by atoms with Gasteiger partial charge in [0.1, 0.15) is 11.5 Å². The van der Waals surface area contributed by atoms with Crippen molar-refractivity contribution >= 4 is 5.97 Å². The van der Waals surface area contributed by atoms with Gasteiger partial charge in [0.2, 0.25) is 6.10 Å². The largest absolute Gasteiger partial charge is 0.497 e. The fraction of sp³-hybridized carbons (Fsp3) is 0.417. The molecular formula is C12H14O4. The maximum Gasteiger partial charge on any atom is 0.348 e. The van der Waals surface area contributed by atoms with E-state index in [1.54, 1.807) is 6.08 Å².